The average molecular weight is 459 g/mol. The molecule has 0 aliphatic heterocycles. The number of esters is 1. The summed E-state index contributed by atoms with van der Waals surface area (Å²) >= 11 is 0. The van der Waals surface area contributed by atoms with Gasteiger partial charge in [0.25, 0.3) is 0 Å². The molecule has 1 saturated carbocycles. The number of carbonyl (C=O) groups excluding carboxylic acids is 3. The molecule has 6 heteroatoms. The molecule has 1 aromatic rings. The molecule has 33 heavy (non-hydrogen) atoms. The second-order valence-corrected chi connectivity index (χ2v) is 9.76. The molecule has 0 aromatic carbocycles. The number of ether oxygens (including phenoxy) is 1. The number of ketones is 2. The first kappa shape index (κ1) is 26.8. The van der Waals surface area contributed by atoms with Gasteiger partial charge in [0.2, 0.25) is 0 Å². The number of rotatable bonds is 10. The molecule has 6 atom stereocenters. The molecular weight excluding hydrogens is 420 g/mol. The third kappa shape index (κ3) is 7.00. The van der Waals surface area contributed by atoms with Crippen LogP contribution in [0.4, 0.5) is 0 Å². The molecule has 1 aliphatic rings. The molecule has 1 N–H and O–H groups in total. The number of aliphatic hydroxyl groups excluding tert-OH is 1. The topological polar surface area (TPSA) is 93.8 Å². The Labute approximate surface area is 197 Å². The van der Waals surface area contributed by atoms with Crippen LogP contribution >= 0.6 is 0 Å². The first-order valence-corrected chi connectivity index (χ1v) is 11.7. The molecule has 0 bridgehead atoms. The maximum Gasteiger partial charge on any atom is 0.302 e. The largest absolute Gasteiger partial charge is 0.469 e. The molecule has 1 aliphatic carbocycles. The third-order valence-electron chi connectivity index (χ3n) is 6.62. The number of aryl methyl sites for hydroxylation is 2. The van der Waals surface area contributed by atoms with Crippen molar-refractivity contribution < 1.29 is 28.6 Å². The van der Waals surface area contributed by atoms with Gasteiger partial charge in [-0.05, 0) is 64.2 Å². The van der Waals surface area contributed by atoms with Crippen LogP contribution in [0.25, 0.3) is 0 Å². The highest BCUT2D eigenvalue weighted by molar-refractivity contribution is 5.94. The van der Waals surface area contributed by atoms with Gasteiger partial charge in [-0.1, -0.05) is 31.1 Å². The van der Waals surface area contributed by atoms with Crippen LogP contribution in [0, 0.1) is 30.6 Å². The van der Waals surface area contributed by atoms with Crippen LogP contribution in [-0.4, -0.2) is 34.9 Å². The van der Waals surface area contributed by atoms with Crippen molar-refractivity contribution in [3.8, 4) is 0 Å². The van der Waals surface area contributed by atoms with E-state index in [9.17, 15) is 19.5 Å². The van der Waals surface area contributed by atoms with Crippen LogP contribution in [0.15, 0.2) is 40.0 Å². The van der Waals surface area contributed by atoms with Crippen molar-refractivity contribution in [2.24, 2.45) is 23.7 Å². The Morgan fingerprint density at radius 3 is 2.45 bits per heavy atom. The Balaban J connectivity index is 2.25. The Kier molecular flexibility index (Phi) is 9.41. The summed E-state index contributed by atoms with van der Waals surface area (Å²) in [7, 11) is 0. The minimum absolute atomic E-state index is 0.0564. The Morgan fingerprint density at radius 1 is 1.24 bits per heavy atom. The van der Waals surface area contributed by atoms with E-state index < -0.39 is 35.9 Å². The predicted molar refractivity (Wildman–Crippen MR) is 126 cm³/mol. The van der Waals surface area contributed by atoms with Gasteiger partial charge in [0.15, 0.2) is 11.6 Å². The summed E-state index contributed by atoms with van der Waals surface area (Å²) in [5.41, 5.74) is 2.85. The van der Waals surface area contributed by atoms with Crippen LogP contribution in [0.1, 0.15) is 65.7 Å². The third-order valence-corrected chi connectivity index (χ3v) is 6.62. The molecule has 2 rings (SSSR count). The predicted octanol–water partition coefficient (Wildman–Crippen LogP) is 4.77. The van der Waals surface area contributed by atoms with Crippen LogP contribution in [-0.2, 0) is 25.5 Å². The maximum absolute atomic E-state index is 13.4. The Bertz CT molecular complexity index is 917. The van der Waals surface area contributed by atoms with Crippen LogP contribution in [0.2, 0.25) is 0 Å². The van der Waals surface area contributed by atoms with Gasteiger partial charge in [-0.15, -0.1) is 0 Å². The Hall–Kier alpha value is -2.47. The van der Waals surface area contributed by atoms with Gasteiger partial charge >= 0.3 is 5.97 Å². The highest BCUT2D eigenvalue weighted by atomic mass is 16.5. The van der Waals surface area contributed by atoms with Crippen molar-refractivity contribution in [2.45, 2.75) is 79.9 Å². The van der Waals surface area contributed by atoms with Crippen LogP contribution in [0.3, 0.4) is 0 Å². The van der Waals surface area contributed by atoms with E-state index >= 15 is 0 Å². The fourth-order valence-corrected chi connectivity index (χ4v) is 4.96. The average Bonchev–Trinajstić information content (AvgIpc) is 3.26. The zero-order valence-electron chi connectivity index (χ0n) is 20.9. The van der Waals surface area contributed by atoms with E-state index in [0.717, 1.165) is 22.5 Å². The minimum atomic E-state index is -1.25. The summed E-state index contributed by atoms with van der Waals surface area (Å²) < 4.78 is 11.0. The molecule has 2 unspecified atom stereocenters. The molecule has 1 aromatic heterocycles. The van der Waals surface area contributed by atoms with Crippen LogP contribution < -0.4 is 0 Å². The number of hydrogen-bond donors (Lipinski definition) is 1. The molecule has 1 heterocycles. The molecule has 0 amide bonds. The van der Waals surface area contributed by atoms with E-state index in [-0.39, 0.29) is 17.5 Å². The first-order valence-electron chi connectivity index (χ1n) is 11.7. The summed E-state index contributed by atoms with van der Waals surface area (Å²) in [5.74, 6) is -1.60. The molecule has 1 fully saturated rings. The summed E-state index contributed by atoms with van der Waals surface area (Å²) in [6.07, 6.45) is 4.95. The molecular formula is C27H38O6. The molecule has 0 saturated heterocycles. The summed E-state index contributed by atoms with van der Waals surface area (Å²) in [4.78, 5) is 38.1. The lowest BCUT2D eigenvalue weighted by Crippen LogP contribution is -2.40. The maximum atomic E-state index is 13.4. The second-order valence-electron chi connectivity index (χ2n) is 9.76. The SMILES string of the molecule is CC(=O)O[C@H]1C[C@H](C)[C@@H](C(=O)/C=C(/C)CCc2occc2C)[C@H]1C(C)C(=O)C(O)C=C(C)C. The Morgan fingerprint density at radius 2 is 1.91 bits per heavy atom. The number of hydrogen-bond acceptors (Lipinski definition) is 6. The standard InChI is InChI=1S/C27H38O6/c1-15(2)12-22(30)27(31)19(6)26-24(33-20(7)28)14-18(5)25(26)21(29)13-16(3)8-9-23-17(4)10-11-32-23/h10-13,18-19,22,24-26,30H,8-9,14H2,1-7H3/b16-13-/t18-,19?,22?,24-,25-,26-/m0/s1. The van der Waals surface area contributed by atoms with E-state index in [1.807, 2.05) is 40.7 Å². The monoisotopic (exact) mass is 458 g/mol. The number of furan rings is 1. The first-order chi connectivity index (χ1) is 15.4. The van der Waals surface area contributed by atoms with Gasteiger partial charge in [-0.3, -0.25) is 14.4 Å². The van der Waals surface area contributed by atoms with E-state index in [0.29, 0.717) is 19.3 Å². The number of aliphatic hydroxyl groups is 1. The summed E-state index contributed by atoms with van der Waals surface area (Å²) in [6, 6.07) is 1.92. The molecule has 6 nitrogen and oxygen atoms in total. The van der Waals surface area contributed by atoms with Gasteiger partial charge in [0, 0.05) is 31.1 Å². The lowest BCUT2D eigenvalue weighted by molar-refractivity contribution is -0.152. The normalized spacial score (nSPS) is 24.8. The molecule has 0 radical (unpaired) electrons. The van der Waals surface area contributed by atoms with Gasteiger partial charge < -0.3 is 14.3 Å². The summed E-state index contributed by atoms with van der Waals surface area (Å²) in [5, 5.41) is 10.4. The molecule has 0 spiro atoms. The summed E-state index contributed by atoms with van der Waals surface area (Å²) in [6.45, 7) is 12.5. The smallest absolute Gasteiger partial charge is 0.302 e. The zero-order chi connectivity index (χ0) is 24.9. The fourth-order valence-electron chi connectivity index (χ4n) is 4.96. The highest BCUT2D eigenvalue weighted by Crippen LogP contribution is 2.44. The van der Waals surface area contributed by atoms with E-state index in [1.165, 1.54) is 13.0 Å². The van der Waals surface area contributed by atoms with Crippen LogP contribution in [0.5, 0.6) is 0 Å². The number of carbonyl (C=O) groups is 3. The van der Waals surface area contributed by atoms with Gasteiger partial charge in [-0.2, -0.15) is 0 Å². The van der Waals surface area contributed by atoms with E-state index in [1.54, 1.807) is 19.3 Å². The van der Waals surface area contributed by atoms with Crippen molar-refractivity contribution in [3.05, 3.63) is 47.0 Å². The van der Waals surface area contributed by atoms with Crippen molar-refractivity contribution in [3.63, 3.8) is 0 Å². The van der Waals surface area contributed by atoms with Crippen molar-refractivity contribution in [1.29, 1.82) is 0 Å². The van der Waals surface area contributed by atoms with Crippen molar-refractivity contribution in [1.82, 2.24) is 0 Å². The fraction of sp³-hybridized carbons (Fsp3) is 0.593. The van der Waals surface area contributed by atoms with Gasteiger partial charge in [0.1, 0.15) is 18.0 Å². The van der Waals surface area contributed by atoms with Gasteiger partial charge in [-0.25, -0.2) is 0 Å². The highest BCUT2D eigenvalue weighted by Gasteiger charge is 2.50. The van der Waals surface area contributed by atoms with Crippen molar-refractivity contribution in [2.75, 3.05) is 0 Å². The quantitative estimate of drug-likeness (QED) is 0.308. The lowest BCUT2D eigenvalue weighted by Gasteiger charge is -2.30. The lowest BCUT2D eigenvalue weighted by atomic mass is 9.76. The minimum Gasteiger partial charge on any atom is -0.469 e. The van der Waals surface area contributed by atoms with Gasteiger partial charge in [0.05, 0.1) is 6.26 Å². The number of allylic oxidation sites excluding steroid dienone is 3. The van der Waals surface area contributed by atoms with E-state index in [2.05, 4.69) is 0 Å². The second kappa shape index (κ2) is 11.6. The van der Waals surface area contributed by atoms with E-state index in [4.69, 9.17) is 9.15 Å². The number of Topliss-reactive ketones (excluding diaryl/α,β-unsaturated/α-hetero) is 1. The zero-order valence-corrected chi connectivity index (χ0v) is 20.9. The molecule has 182 valence electrons. The van der Waals surface area contributed by atoms with Crippen molar-refractivity contribution >= 4 is 17.5 Å².